The molecule has 102 valence electrons. The van der Waals surface area contributed by atoms with Crippen molar-refractivity contribution in [3.63, 3.8) is 0 Å². The van der Waals surface area contributed by atoms with Gasteiger partial charge in [-0.15, -0.1) is 0 Å². The quantitative estimate of drug-likeness (QED) is 0.735. The van der Waals surface area contributed by atoms with Gasteiger partial charge < -0.3 is 10.1 Å². The zero-order valence-electron chi connectivity index (χ0n) is 11.9. The molecule has 0 aliphatic rings. The van der Waals surface area contributed by atoms with Crippen molar-refractivity contribution in [2.24, 2.45) is 0 Å². The lowest BCUT2D eigenvalue weighted by Crippen LogP contribution is -2.17. The van der Waals surface area contributed by atoms with Crippen molar-refractivity contribution in [1.29, 1.82) is 0 Å². The van der Waals surface area contributed by atoms with Crippen LogP contribution in [0.3, 0.4) is 0 Å². The first-order valence-electron chi connectivity index (χ1n) is 6.48. The van der Waals surface area contributed by atoms with E-state index in [4.69, 9.17) is 4.74 Å². The van der Waals surface area contributed by atoms with E-state index in [0.717, 1.165) is 35.7 Å². The molecule has 4 heteroatoms. The fraction of sp³-hybridized carbons (Fsp3) is 0.643. The number of hydrogen-bond donors (Lipinski definition) is 1. The molecule has 0 radical (unpaired) electrons. The van der Waals surface area contributed by atoms with Crippen LogP contribution in [-0.2, 0) is 6.54 Å². The summed E-state index contributed by atoms with van der Waals surface area (Å²) in [6.07, 6.45) is 3.09. The standard InChI is InChI=1S/C14H24N2OS/c1-5-18-8-6-7-15-10-13-12(3)14(17-4)11(2)9-16-13/h9,15H,5-8,10H2,1-4H3. The van der Waals surface area contributed by atoms with E-state index in [9.17, 15) is 0 Å². The Morgan fingerprint density at radius 3 is 2.83 bits per heavy atom. The summed E-state index contributed by atoms with van der Waals surface area (Å²) in [7, 11) is 1.72. The molecule has 0 saturated heterocycles. The number of nitrogens with zero attached hydrogens (tertiary/aromatic N) is 1. The summed E-state index contributed by atoms with van der Waals surface area (Å²) < 4.78 is 5.40. The van der Waals surface area contributed by atoms with Gasteiger partial charge >= 0.3 is 0 Å². The number of hydrogen-bond acceptors (Lipinski definition) is 4. The number of ether oxygens (including phenoxy) is 1. The Morgan fingerprint density at radius 1 is 1.39 bits per heavy atom. The molecule has 1 heterocycles. The third-order valence-corrected chi connectivity index (χ3v) is 3.87. The number of aryl methyl sites for hydroxylation is 1. The van der Waals surface area contributed by atoms with Gasteiger partial charge in [0.05, 0.1) is 12.8 Å². The molecule has 0 unspecified atom stereocenters. The molecular formula is C14H24N2OS. The Bertz CT molecular complexity index is 369. The highest BCUT2D eigenvalue weighted by Gasteiger charge is 2.08. The highest BCUT2D eigenvalue weighted by atomic mass is 32.2. The van der Waals surface area contributed by atoms with Crippen molar-refractivity contribution < 1.29 is 4.74 Å². The molecule has 3 nitrogen and oxygen atoms in total. The van der Waals surface area contributed by atoms with Crippen molar-refractivity contribution >= 4 is 11.8 Å². The topological polar surface area (TPSA) is 34.2 Å². The van der Waals surface area contributed by atoms with Gasteiger partial charge in [-0.2, -0.15) is 11.8 Å². The first-order valence-corrected chi connectivity index (χ1v) is 7.63. The lowest BCUT2D eigenvalue weighted by atomic mass is 10.1. The van der Waals surface area contributed by atoms with Crippen molar-refractivity contribution in [2.45, 2.75) is 33.7 Å². The predicted molar refractivity (Wildman–Crippen MR) is 79.6 cm³/mol. The maximum absolute atomic E-state index is 5.40. The summed E-state index contributed by atoms with van der Waals surface area (Å²) in [5.41, 5.74) is 3.33. The minimum Gasteiger partial charge on any atom is -0.496 e. The molecule has 0 aromatic carbocycles. The zero-order valence-corrected chi connectivity index (χ0v) is 12.7. The molecular weight excluding hydrogens is 244 g/mol. The molecule has 0 fully saturated rings. The van der Waals surface area contributed by atoms with E-state index in [1.54, 1.807) is 7.11 Å². The van der Waals surface area contributed by atoms with Crippen molar-refractivity contribution in [3.8, 4) is 5.75 Å². The molecule has 1 rings (SSSR count). The first kappa shape index (κ1) is 15.3. The minimum absolute atomic E-state index is 0.819. The molecule has 0 amide bonds. The smallest absolute Gasteiger partial charge is 0.128 e. The summed E-state index contributed by atoms with van der Waals surface area (Å²) in [4.78, 5) is 4.47. The van der Waals surface area contributed by atoms with Crippen LogP contribution in [0, 0.1) is 13.8 Å². The van der Waals surface area contributed by atoms with Gasteiger partial charge in [-0.3, -0.25) is 4.98 Å². The number of nitrogens with one attached hydrogen (secondary N) is 1. The van der Waals surface area contributed by atoms with Gasteiger partial charge in [0.2, 0.25) is 0 Å². The molecule has 0 bridgehead atoms. The number of pyridine rings is 1. The monoisotopic (exact) mass is 268 g/mol. The Morgan fingerprint density at radius 2 is 2.17 bits per heavy atom. The molecule has 1 N–H and O–H groups in total. The molecule has 0 aliphatic heterocycles. The van der Waals surface area contributed by atoms with Crippen LogP contribution in [0.1, 0.15) is 30.2 Å². The van der Waals surface area contributed by atoms with Crippen LogP contribution < -0.4 is 10.1 Å². The summed E-state index contributed by atoms with van der Waals surface area (Å²) >= 11 is 1.99. The summed E-state index contributed by atoms with van der Waals surface area (Å²) in [5, 5.41) is 3.44. The first-order chi connectivity index (χ1) is 8.70. The van der Waals surface area contributed by atoms with E-state index in [2.05, 4.69) is 24.1 Å². The maximum atomic E-state index is 5.40. The highest BCUT2D eigenvalue weighted by molar-refractivity contribution is 7.99. The van der Waals surface area contributed by atoms with E-state index in [-0.39, 0.29) is 0 Å². The fourth-order valence-corrected chi connectivity index (χ4v) is 2.54. The Kier molecular flexibility index (Phi) is 7.13. The Labute approximate surface area is 115 Å². The van der Waals surface area contributed by atoms with Crippen molar-refractivity contribution in [2.75, 3.05) is 25.2 Å². The van der Waals surface area contributed by atoms with Gasteiger partial charge in [-0.05, 0) is 38.3 Å². The zero-order chi connectivity index (χ0) is 13.4. The number of aromatic nitrogens is 1. The summed E-state index contributed by atoms with van der Waals surface area (Å²) in [5.74, 6) is 3.39. The average Bonchev–Trinajstić information content (AvgIpc) is 2.36. The SMILES string of the molecule is CCSCCCNCc1ncc(C)c(OC)c1C. The molecule has 18 heavy (non-hydrogen) atoms. The van der Waals surface area contributed by atoms with Crippen LogP contribution in [0.4, 0.5) is 0 Å². The lowest BCUT2D eigenvalue weighted by molar-refractivity contribution is 0.406. The number of methoxy groups -OCH3 is 1. The van der Waals surface area contributed by atoms with E-state index < -0.39 is 0 Å². The van der Waals surface area contributed by atoms with Gasteiger partial charge in [0.15, 0.2) is 0 Å². The van der Waals surface area contributed by atoms with E-state index in [1.807, 2.05) is 24.9 Å². The van der Waals surface area contributed by atoms with Crippen LogP contribution in [0.5, 0.6) is 5.75 Å². The molecule has 0 aliphatic carbocycles. The minimum atomic E-state index is 0.819. The lowest BCUT2D eigenvalue weighted by Gasteiger charge is -2.12. The number of rotatable bonds is 8. The van der Waals surface area contributed by atoms with Crippen molar-refractivity contribution in [3.05, 3.63) is 23.0 Å². The van der Waals surface area contributed by atoms with Crippen molar-refractivity contribution in [1.82, 2.24) is 10.3 Å². The van der Waals surface area contributed by atoms with Crippen LogP contribution in [0.2, 0.25) is 0 Å². The molecule has 0 atom stereocenters. The third-order valence-electron chi connectivity index (χ3n) is 2.89. The van der Waals surface area contributed by atoms with E-state index in [1.165, 1.54) is 17.9 Å². The Balaban J connectivity index is 2.43. The van der Waals surface area contributed by atoms with Crippen LogP contribution >= 0.6 is 11.8 Å². The second kappa shape index (κ2) is 8.38. The maximum Gasteiger partial charge on any atom is 0.128 e. The molecule has 1 aromatic rings. The number of thioether (sulfide) groups is 1. The highest BCUT2D eigenvalue weighted by Crippen LogP contribution is 2.23. The molecule has 1 aromatic heterocycles. The Hall–Kier alpha value is -0.740. The average molecular weight is 268 g/mol. The second-order valence-corrected chi connectivity index (χ2v) is 5.67. The second-order valence-electron chi connectivity index (χ2n) is 4.27. The van der Waals surface area contributed by atoms with E-state index >= 15 is 0 Å². The van der Waals surface area contributed by atoms with Gasteiger partial charge in [0.1, 0.15) is 5.75 Å². The van der Waals surface area contributed by atoms with Crippen LogP contribution in [-0.4, -0.2) is 30.1 Å². The fourth-order valence-electron chi connectivity index (χ4n) is 1.90. The van der Waals surface area contributed by atoms with E-state index in [0.29, 0.717) is 0 Å². The van der Waals surface area contributed by atoms with Crippen LogP contribution in [0.25, 0.3) is 0 Å². The third kappa shape index (κ3) is 4.50. The van der Waals surface area contributed by atoms with Crippen LogP contribution in [0.15, 0.2) is 6.20 Å². The van der Waals surface area contributed by atoms with Gasteiger partial charge in [0, 0.05) is 23.9 Å². The summed E-state index contributed by atoms with van der Waals surface area (Å²) in [6.45, 7) is 8.16. The molecule has 0 spiro atoms. The largest absolute Gasteiger partial charge is 0.496 e. The van der Waals surface area contributed by atoms with Gasteiger partial charge in [-0.1, -0.05) is 6.92 Å². The predicted octanol–water partition coefficient (Wildman–Crippen LogP) is 2.94. The normalized spacial score (nSPS) is 10.7. The summed E-state index contributed by atoms with van der Waals surface area (Å²) in [6, 6.07) is 0. The van der Waals surface area contributed by atoms with Gasteiger partial charge in [0.25, 0.3) is 0 Å². The molecule has 0 saturated carbocycles. The van der Waals surface area contributed by atoms with Gasteiger partial charge in [-0.25, -0.2) is 0 Å².